The van der Waals surface area contributed by atoms with Gasteiger partial charge in [0.15, 0.2) is 0 Å². The van der Waals surface area contributed by atoms with Crippen LogP contribution in [-0.2, 0) is 4.74 Å². The van der Waals surface area contributed by atoms with E-state index >= 15 is 0 Å². The van der Waals surface area contributed by atoms with Gasteiger partial charge in [-0.25, -0.2) is 4.39 Å². The Morgan fingerprint density at radius 3 is 2.56 bits per heavy atom. The summed E-state index contributed by atoms with van der Waals surface area (Å²) in [6.45, 7) is 1.19. The first-order chi connectivity index (χ1) is 7.79. The molecule has 2 N–H and O–H groups in total. The molecule has 0 bridgehead atoms. The summed E-state index contributed by atoms with van der Waals surface area (Å²) in [7, 11) is 0. The van der Waals surface area contributed by atoms with E-state index < -0.39 is 0 Å². The molecular formula is C13H18FNO. The molecule has 0 saturated heterocycles. The highest BCUT2D eigenvalue weighted by molar-refractivity contribution is 5.18. The van der Waals surface area contributed by atoms with Crippen molar-refractivity contribution in [3.63, 3.8) is 0 Å². The van der Waals surface area contributed by atoms with E-state index in [4.69, 9.17) is 10.5 Å². The smallest absolute Gasteiger partial charge is 0.123 e. The van der Waals surface area contributed by atoms with E-state index in [1.165, 1.54) is 25.0 Å². The Morgan fingerprint density at radius 1 is 1.31 bits per heavy atom. The SMILES string of the molecule is NCC(OCCC1CC1)c1ccc(F)cc1. The van der Waals surface area contributed by atoms with Gasteiger partial charge in [-0.15, -0.1) is 0 Å². The molecule has 1 saturated carbocycles. The molecule has 1 aromatic rings. The Bertz CT molecular complexity index is 321. The van der Waals surface area contributed by atoms with Gasteiger partial charge in [0.1, 0.15) is 5.82 Å². The lowest BCUT2D eigenvalue weighted by Gasteiger charge is -2.16. The summed E-state index contributed by atoms with van der Waals surface area (Å²) in [6, 6.07) is 6.37. The van der Waals surface area contributed by atoms with Crippen molar-refractivity contribution in [1.29, 1.82) is 0 Å². The number of rotatable bonds is 6. The fraction of sp³-hybridized carbons (Fsp3) is 0.538. The minimum absolute atomic E-state index is 0.0978. The topological polar surface area (TPSA) is 35.2 Å². The molecule has 1 unspecified atom stereocenters. The summed E-state index contributed by atoms with van der Waals surface area (Å²) in [5.74, 6) is 0.643. The first-order valence-electron chi connectivity index (χ1n) is 5.86. The Hall–Kier alpha value is -0.930. The number of benzene rings is 1. The van der Waals surface area contributed by atoms with Crippen molar-refractivity contribution >= 4 is 0 Å². The summed E-state index contributed by atoms with van der Waals surface area (Å²) in [4.78, 5) is 0. The third-order valence-corrected chi connectivity index (χ3v) is 3.00. The highest BCUT2D eigenvalue weighted by Crippen LogP contribution is 2.32. The predicted octanol–water partition coefficient (Wildman–Crippen LogP) is 2.64. The number of hydrogen-bond donors (Lipinski definition) is 1. The highest BCUT2D eigenvalue weighted by Gasteiger charge is 2.21. The summed E-state index contributed by atoms with van der Waals surface area (Å²) < 4.78 is 18.5. The third-order valence-electron chi connectivity index (χ3n) is 3.00. The van der Waals surface area contributed by atoms with Crippen LogP contribution in [0.1, 0.15) is 30.9 Å². The van der Waals surface area contributed by atoms with Gasteiger partial charge in [-0.1, -0.05) is 25.0 Å². The van der Waals surface area contributed by atoms with Crippen LogP contribution < -0.4 is 5.73 Å². The molecule has 2 rings (SSSR count). The zero-order valence-electron chi connectivity index (χ0n) is 9.36. The summed E-state index contributed by atoms with van der Waals surface area (Å²) >= 11 is 0. The molecule has 0 aromatic heterocycles. The molecule has 0 amide bonds. The van der Waals surface area contributed by atoms with Crippen molar-refractivity contribution in [1.82, 2.24) is 0 Å². The van der Waals surface area contributed by atoms with E-state index in [0.29, 0.717) is 6.54 Å². The van der Waals surface area contributed by atoms with Gasteiger partial charge in [0.2, 0.25) is 0 Å². The molecular weight excluding hydrogens is 205 g/mol. The number of ether oxygens (including phenoxy) is 1. The lowest BCUT2D eigenvalue weighted by Crippen LogP contribution is -2.16. The van der Waals surface area contributed by atoms with Gasteiger partial charge in [-0.2, -0.15) is 0 Å². The van der Waals surface area contributed by atoms with Crippen molar-refractivity contribution in [2.45, 2.75) is 25.4 Å². The lowest BCUT2D eigenvalue weighted by molar-refractivity contribution is 0.0544. The van der Waals surface area contributed by atoms with Crippen LogP contribution in [0.25, 0.3) is 0 Å². The van der Waals surface area contributed by atoms with Crippen molar-refractivity contribution in [3.05, 3.63) is 35.6 Å². The van der Waals surface area contributed by atoms with E-state index in [-0.39, 0.29) is 11.9 Å². The monoisotopic (exact) mass is 223 g/mol. The zero-order valence-corrected chi connectivity index (χ0v) is 9.36. The van der Waals surface area contributed by atoms with Crippen LogP contribution in [0.5, 0.6) is 0 Å². The highest BCUT2D eigenvalue weighted by atomic mass is 19.1. The summed E-state index contributed by atoms with van der Waals surface area (Å²) in [6.07, 6.45) is 3.71. The van der Waals surface area contributed by atoms with Crippen molar-refractivity contribution in [2.24, 2.45) is 11.7 Å². The molecule has 1 atom stereocenters. The van der Waals surface area contributed by atoms with Crippen LogP contribution in [-0.4, -0.2) is 13.2 Å². The van der Waals surface area contributed by atoms with Crippen molar-refractivity contribution < 1.29 is 9.13 Å². The predicted molar refractivity (Wildman–Crippen MR) is 61.5 cm³/mol. The molecule has 3 heteroatoms. The van der Waals surface area contributed by atoms with Crippen LogP contribution in [0.15, 0.2) is 24.3 Å². The molecule has 0 heterocycles. The average Bonchev–Trinajstić information content (AvgIpc) is 3.10. The Kier molecular flexibility index (Phi) is 3.91. The first-order valence-corrected chi connectivity index (χ1v) is 5.86. The maximum Gasteiger partial charge on any atom is 0.123 e. The van der Waals surface area contributed by atoms with E-state index in [1.54, 1.807) is 12.1 Å². The largest absolute Gasteiger partial charge is 0.372 e. The molecule has 16 heavy (non-hydrogen) atoms. The molecule has 1 aromatic carbocycles. The van der Waals surface area contributed by atoms with Crippen LogP contribution in [0.2, 0.25) is 0 Å². The van der Waals surface area contributed by atoms with Crippen LogP contribution >= 0.6 is 0 Å². The number of nitrogens with two attached hydrogens (primary N) is 1. The Labute approximate surface area is 95.6 Å². The van der Waals surface area contributed by atoms with Gasteiger partial charge in [0, 0.05) is 13.2 Å². The minimum Gasteiger partial charge on any atom is -0.372 e. The van der Waals surface area contributed by atoms with Crippen LogP contribution in [0, 0.1) is 11.7 Å². The summed E-state index contributed by atoms with van der Waals surface area (Å²) in [5, 5.41) is 0. The Balaban J connectivity index is 1.84. The first kappa shape index (κ1) is 11.6. The second kappa shape index (κ2) is 5.41. The Morgan fingerprint density at radius 2 is 2.00 bits per heavy atom. The van der Waals surface area contributed by atoms with E-state index in [1.807, 2.05) is 0 Å². The van der Waals surface area contributed by atoms with Gasteiger partial charge in [0.05, 0.1) is 6.10 Å². The molecule has 2 nitrogen and oxygen atoms in total. The van der Waals surface area contributed by atoms with E-state index in [9.17, 15) is 4.39 Å². The third kappa shape index (κ3) is 3.29. The van der Waals surface area contributed by atoms with E-state index in [0.717, 1.165) is 24.5 Å². The zero-order chi connectivity index (χ0) is 11.4. The van der Waals surface area contributed by atoms with E-state index in [2.05, 4.69) is 0 Å². The molecule has 0 aliphatic heterocycles. The van der Waals surface area contributed by atoms with Gasteiger partial charge in [-0.05, 0) is 30.0 Å². The van der Waals surface area contributed by atoms with Crippen LogP contribution in [0.4, 0.5) is 4.39 Å². The van der Waals surface area contributed by atoms with Crippen molar-refractivity contribution in [2.75, 3.05) is 13.2 Å². The average molecular weight is 223 g/mol. The molecule has 1 aliphatic rings. The maximum absolute atomic E-state index is 12.7. The maximum atomic E-state index is 12.7. The minimum atomic E-state index is -0.225. The van der Waals surface area contributed by atoms with Gasteiger partial charge in [0.25, 0.3) is 0 Å². The summed E-state index contributed by atoms with van der Waals surface area (Å²) in [5.41, 5.74) is 6.61. The standard InChI is InChI=1S/C13H18FNO/c14-12-5-3-11(4-6-12)13(9-15)16-8-7-10-1-2-10/h3-6,10,13H,1-2,7-9,15H2. The fourth-order valence-corrected chi connectivity index (χ4v) is 1.76. The molecule has 1 aliphatic carbocycles. The molecule has 0 radical (unpaired) electrons. The normalized spacial score (nSPS) is 17.4. The lowest BCUT2D eigenvalue weighted by atomic mass is 10.1. The molecule has 1 fully saturated rings. The quantitative estimate of drug-likeness (QED) is 0.804. The van der Waals surface area contributed by atoms with Gasteiger partial charge in [-0.3, -0.25) is 0 Å². The second-order valence-corrected chi connectivity index (χ2v) is 4.38. The molecule has 88 valence electrons. The second-order valence-electron chi connectivity index (χ2n) is 4.38. The van der Waals surface area contributed by atoms with Gasteiger partial charge >= 0.3 is 0 Å². The number of hydrogen-bond acceptors (Lipinski definition) is 2. The molecule has 0 spiro atoms. The van der Waals surface area contributed by atoms with Gasteiger partial charge < -0.3 is 10.5 Å². The van der Waals surface area contributed by atoms with Crippen LogP contribution in [0.3, 0.4) is 0 Å². The number of halogens is 1. The fourth-order valence-electron chi connectivity index (χ4n) is 1.76. The van der Waals surface area contributed by atoms with Crippen molar-refractivity contribution in [3.8, 4) is 0 Å².